The third-order valence-corrected chi connectivity index (χ3v) is 5.14. The van der Waals surface area contributed by atoms with Crippen LogP contribution >= 0.6 is 0 Å². The van der Waals surface area contributed by atoms with Gasteiger partial charge in [-0.1, -0.05) is 19.3 Å². The maximum atomic E-state index is 12.3. The summed E-state index contributed by atoms with van der Waals surface area (Å²) in [7, 11) is 0. The number of ether oxygens (including phenoxy) is 1. The fraction of sp³-hybridized carbons (Fsp3) is 0.875. The molecule has 0 saturated heterocycles. The molecule has 2 fully saturated rings. The van der Waals surface area contributed by atoms with E-state index in [1.54, 1.807) is 0 Å². The molecule has 2 aliphatic carbocycles. The van der Waals surface area contributed by atoms with Gasteiger partial charge in [0.25, 0.3) is 0 Å². The molecular formula is C16H26O4. The van der Waals surface area contributed by atoms with E-state index < -0.39 is 17.4 Å². The standard InChI is InChI=1S/C16H26O4/c1-15(2,13(17)18)14(19)20-16(10-6-7-11-16)12-8-4-3-5-9-12/h12H,3-11H2,1-2H3,(H,17,18). The van der Waals surface area contributed by atoms with Crippen molar-refractivity contribution >= 4 is 11.9 Å². The largest absolute Gasteiger partial charge is 0.480 e. The normalized spacial score (nSPS) is 23.5. The monoisotopic (exact) mass is 282 g/mol. The predicted octanol–water partition coefficient (Wildman–Crippen LogP) is 3.53. The molecule has 20 heavy (non-hydrogen) atoms. The molecule has 0 amide bonds. The van der Waals surface area contributed by atoms with Crippen LogP contribution in [0.3, 0.4) is 0 Å². The Morgan fingerprint density at radius 1 is 1.05 bits per heavy atom. The number of aliphatic carboxylic acids is 1. The lowest BCUT2D eigenvalue weighted by Gasteiger charge is -2.40. The number of rotatable bonds is 4. The minimum Gasteiger partial charge on any atom is -0.480 e. The highest BCUT2D eigenvalue weighted by Crippen LogP contribution is 2.46. The van der Waals surface area contributed by atoms with Gasteiger partial charge in [0.1, 0.15) is 5.60 Å². The van der Waals surface area contributed by atoms with Crippen LogP contribution in [0.25, 0.3) is 0 Å². The van der Waals surface area contributed by atoms with E-state index in [0.29, 0.717) is 5.92 Å². The molecule has 4 heteroatoms. The molecule has 0 heterocycles. The Kier molecular flexibility index (Phi) is 4.40. The zero-order chi connectivity index (χ0) is 14.8. The van der Waals surface area contributed by atoms with E-state index in [4.69, 9.17) is 4.74 Å². The third kappa shape index (κ3) is 2.84. The molecule has 2 rings (SSSR count). The van der Waals surface area contributed by atoms with Gasteiger partial charge in [0.2, 0.25) is 0 Å². The maximum Gasteiger partial charge on any atom is 0.323 e. The number of carboxylic acid groups (broad SMARTS) is 1. The van der Waals surface area contributed by atoms with Crippen LogP contribution in [0.4, 0.5) is 0 Å². The smallest absolute Gasteiger partial charge is 0.323 e. The Hall–Kier alpha value is -1.06. The maximum absolute atomic E-state index is 12.3. The second kappa shape index (κ2) is 5.74. The van der Waals surface area contributed by atoms with Gasteiger partial charge in [-0.2, -0.15) is 0 Å². The van der Waals surface area contributed by atoms with Gasteiger partial charge in [-0.3, -0.25) is 9.59 Å². The second-order valence-electron chi connectivity index (χ2n) is 6.93. The molecule has 0 unspecified atom stereocenters. The first-order chi connectivity index (χ1) is 9.38. The van der Waals surface area contributed by atoms with E-state index >= 15 is 0 Å². The van der Waals surface area contributed by atoms with Gasteiger partial charge in [0, 0.05) is 0 Å². The molecule has 0 atom stereocenters. The Labute approximate surface area is 120 Å². The zero-order valence-corrected chi connectivity index (χ0v) is 12.6. The number of carbonyl (C=O) groups is 2. The van der Waals surface area contributed by atoms with Gasteiger partial charge in [0.05, 0.1) is 0 Å². The summed E-state index contributed by atoms with van der Waals surface area (Å²) >= 11 is 0. The predicted molar refractivity (Wildman–Crippen MR) is 75.3 cm³/mol. The molecule has 0 aromatic carbocycles. The summed E-state index contributed by atoms with van der Waals surface area (Å²) in [5, 5.41) is 9.18. The van der Waals surface area contributed by atoms with E-state index in [1.165, 1.54) is 33.1 Å². The molecule has 0 aromatic heterocycles. The van der Waals surface area contributed by atoms with Crippen LogP contribution in [-0.4, -0.2) is 22.6 Å². The van der Waals surface area contributed by atoms with Gasteiger partial charge in [-0.15, -0.1) is 0 Å². The third-order valence-electron chi connectivity index (χ3n) is 5.14. The highest BCUT2D eigenvalue weighted by Gasteiger charge is 2.48. The summed E-state index contributed by atoms with van der Waals surface area (Å²) in [5.74, 6) is -1.26. The highest BCUT2D eigenvalue weighted by molar-refractivity contribution is 5.98. The lowest BCUT2D eigenvalue weighted by atomic mass is 9.75. The van der Waals surface area contributed by atoms with Crippen LogP contribution in [0, 0.1) is 11.3 Å². The summed E-state index contributed by atoms with van der Waals surface area (Å²) in [6.07, 6.45) is 9.86. The summed E-state index contributed by atoms with van der Waals surface area (Å²) in [6.45, 7) is 2.86. The first-order valence-electron chi connectivity index (χ1n) is 7.85. The van der Waals surface area contributed by atoms with Gasteiger partial charge < -0.3 is 9.84 Å². The summed E-state index contributed by atoms with van der Waals surface area (Å²) in [5.41, 5.74) is -1.84. The van der Waals surface area contributed by atoms with Crippen LogP contribution < -0.4 is 0 Å². The topological polar surface area (TPSA) is 63.6 Å². The lowest BCUT2D eigenvalue weighted by Crippen LogP contribution is -2.46. The van der Waals surface area contributed by atoms with E-state index in [0.717, 1.165) is 38.5 Å². The second-order valence-corrected chi connectivity index (χ2v) is 6.93. The van der Waals surface area contributed by atoms with Gasteiger partial charge in [0.15, 0.2) is 5.41 Å². The Balaban J connectivity index is 2.13. The Morgan fingerprint density at radius 3 is 2.10 bits per heavy atom. The average Bonchev–Trinajstić information content (AvgIpc) is 2.89. The molecular weight excluding hydrogens is 256 g/mol. The van der Waals surface area contributed by atoms with Crippen molar-refractivity contribution in [2.75, 3.05) is 0 Å². The zero-order valence-electron chi connectivity index (χ0n) is 12.6. The first kappa shape index (κ1) is 15.3. The number of hydrogen-bond acceptors (Lipinski definition) is 3. The molecule has 4 nitrogen and oxygen atoms in total. The quantitative estimate of drug-likeness (QED) is 0.633. The molecule has 0 radical (unpaired) electrons. The molecule has 0 spiro atoms. The number of hydrogen-bond donors (Lipinski definition) is 1. The van der Waals surface area contributed by atoms with Crippen LogP contribution in [-0.2, 0) is 14.3 Å². The van der Waals surface area contributed by atoms with Gasteiger partial charge >= 0.3 is 11.9 Å². The fourth-order valence-electron chi connectivity index (χ4n) is 3.60. The van der Waals surface area contributed by atoms with Crippen molar-refractivity contribution in [2.24, 2.45) is 11.3 Å². The van der Waals surface area contributed by atoms with Crippen molar-refractivity contribution in [2.45, 2.75) is 77.2 Å². The van der Waals surface area contributed by atoms with Crippen LogP contribution in [0.5, 0.6) is 0 Å². The SMILES string of the molecule is CC(C)(C(=O)O)C(=O)OC1(C2CCCCC2)CCCC1. The highest BCUT2D eigenvalue weighted by atomic mass is 16.6. The molecule has 2 aliphatic rings. The summed E-state index contributed by atoms with van der Waals surface area (Å²) in [4.78, 5) is 23.5. The van der Waals surface area contributed by atoms with Gasteiger partial charge in [-0.25, -0.2) is 0 Å². The molecule has 0 aromatic rings. The Morgan fingerprint density at radius 2 is 1.60 bits per heavy atom. The minimum atomic E-state index is -1.45. The number of carbonyl (C=O) groups excluding carboxylic acids is 1. The summed E-state index contributed by atoms with van der Waals surface area (Å²) in [6, 6.07) is 0. The van der Waals surface area contributed by atoms with Crippen molar-refractivity contribution < 1.29 is 19.4 Å². The van der Waals surface area contributed by atoms with Crippen LogP contribution in [0.2, 0.25) is 0 Å². The van der Waals surface area contributed by atoms with E-state index in [1.807, 2.05) is 0 Å². The fourth-order valence-corrected chi connectivity index (χ4v) is 3.60. The van der Waals surface area contributed by atoms with Crippen LogP contribution in [0.15, 0.2) is 0 Å². The molecule has 2 saturated carbocycles. The lowest BCUT2D eigenvalue weighted by molar-refractivity contribution is -0.183. The molecule has 114 valence electrons. The average molecular weight is 282 g/mol. The molecule has 0 bridgehead atoms. The number of esters is 1. The summed E-state index contributed by atoms with van der Waals surface area (Å²) < 4.78 is 5.84. The van der Waals surface area contributed by atoms with Crippen molar-refractivity contribution in [3.05, 3.63) is 0 Å². The van der Waals surface area contributed by atoms with Crippen molar-refractivity contribution in [3.63, 3.8) is 0 Å². The van der Waals surface area contributed by atoms with Crippen molar-refractivity contribution in [1.29, 1.82) is 0 Å². The molecule has 1 N–H and O–H groups in total. The Bertz CT molecular complexity index is 374. The van der Waals surface area contributed by atoms with Crippen molar-refractivity contribution in [1.82, 2.24) is 0 Å². The number of carboxylic acids is 1. The minimum absolute atomic E-state index is 0.385. The van der Waals surface area contributed by atoms with E-state index in [-0.39, 0.29) is 5.60 Å². The van der Waals surface area contributed by atoms with Crippen molar-refractivity contribution in [3.8, 4) is 0 Å². The van der Waals surface area contributed by atoms with E-state index in [9.17, 15) is 14.7 Å². The van der Waals surface area contributed by atoms with E-state index in [2.05, 4.69) is 0 Å². The molecule has 0 aliphatic heterocycles. The van der Waals surface area contributed by atoms with Crippen LogP contribution in [0.1, 0.15) is 71.6 Å². The first-order valence-corrected chi connectivity index (χ1v) is 7.85. The van der Waals surface area contributed by atoms with Gasteiger partial charge in [-0.05, 0) is 58.3 Å².